The number of benzene rings is 2. The van der Waals surface area contributed by atoms with Gasteiger partial charge in [-0.25, -0.2) is 8.42 Å². The third kappa shape index (κ3) is 8.29. The van der Waals surface area contributed by atoms with E-state index in [2.05, 4.69) is 27.9 Å². The SMILES string of the molecule is CCCCNC(=O)[C@H](C)N(Cc1ccc(C)cc1)C(=O)CN(c1ccc(I)cc1)S(C)(=O)=O. The molecule has 0 saturated carbocycles. The molecule has 0 radical (unpaired) electrons. The number of halogens is 1. The number of anilines is 1. The average molecular weight is 586 g/mol. The summed E-state index contributed by atoms with van der Waals surface area (Å²) < 4.78 is 27.1. The summed E-state index contributed by atoms with van der Waals surface area (Å²) in [6.07, 6.45) is 2.86. The highest BCUT2D eigenvalue weighted by Gasteiger charge is 2.29. The second-order valence-corrected chi connectivity index (χ2v) is 11.2. The van der Waals surface area contributed by atoms with Crippen molar-refractivity contribution in [2.45, 2.75) is 46.2 Å². The Bertz CT molecular complexity index is 1040. The van der Waals surface area contributed by atoms with Crippen LogP contribution in [0.2, 0.25) is 0 Å². The van der Waals surface area contributed by atoms with Crippen molar-refractivity contribution in [3.63, 3.8) is 0 Å². The van der Waals surface area contributed by atoms with Crippen molar-refractivity contribution in [2.24, 2.45) is 0 Å². The number of carbonyl (C=O) groups is 2. The quantitative estimate of drug-likeness (QED) is 0.322. The molecular formula is C24H32IN3O4S. The molecule has 2 aromatic carbocycles. The van der Waals surface area contributed by atoms with Crippen LogP contribution in [-0.2, 0) is 26.2 Å². The van der Waals surface area contributed by atoms with Gasteiger partial charge >= 0.3 is 0 Å². The third-order valence-corrected chi connectivity index (χ3v) is 7.12. The molecule has 0 aliphatic carbocycles. The minimum absolute atomic E-state index is 0.200. The number of rotatable bonds is 11. The van der Waals surface area contributed by atoms with Crippen LogP contribution in [0.5, 0.6) is 0 Å². The van der Waals surface area contributed by atoms with Crippen LogP contribution in [0.3, 0.4) is 0 Å². The van der Waals surface area contributed by atoms with E-state index in [0.717, 1.165) is 38.1 Å². The van der Waals surface area contributed by atoms with Crippen LogP contribution in [0.15, 0.2) is 48.5 Å². The van der Waals surface area contributed by atoms with Crippen molar-refractivity contribution in [3.8, 4) is 0 Å². The van der Waals surface area contributed by atoms with Gasteiger partial charge in [-0.1, -0.05) is 43.2 Å². The molecule has 33 heavy (non-hydrogen) atoms. The van der Waals surface area contributed by atoms with E-state index < -0.39 is 28.5 Å². The monoisotopic (exact) mass is 585 g/mol. The Labute approximate surface area is 210 Å². The van der Waals surface area contributed by atoms with Gasteiger partial charge in [0, 0.05) is 16.7 Å². The molecule has 0 unspecified atom stereocenters. The van der Waals surface area contributed by atoms with Gasteiger partial charge < -0.3 is 10.2 Å². The molecule has 1 atom stereocenters. The molecule has 0 saturated heterocycles. The molecule has 9 heteroatoms. The van der Waals surface area contributed by atoms with Crippen LogP contribution in [0, 0.1) is 10.5 Å². The van der Waals surface area contributed by atoms with Gasteiger partial charge in [0.2, 0.25) is 21.8 Å². The maximum absolute atomic E-state index is 13.4. The van der Waals surface area contributed by atoms with Crippen LogP contribution < -0.4 is 9.62 Å². The third-order valence-electron chi connectivity index (χ3n) is 5.26. The van der Waals surface area contributed by atoms with Gasteiger partial charge in [-0.2, -0.15) is 0 Å². The van der Waals surface area contributed by atoms with Crippen LogP contribution in [0.1, 0.15) is 37.8 Å². The minimum Gasteiger partial charge on any atom is -0.354 e. The Balaban J connectivity index is 2.32. The molecule has 2 rings (SSSR count). The molecule has 0 spiro atoms. The number of hydrogen-bond acceptors (Lipinski definition) is 4. The van der Waals surface area contributed by atoms with Crippen molar-refractivity contribution in [1.29, 1.82) is 0 Å². The first-order valence-electron chi connectivity index (χ1n) is 10.9. The van der Waals surface area contributed by atoms with Crippen LogP contribution >= 0.6 is 22.6 Å². The van der Waals surface area contributed by atoms with E-state index in [1.54, 1.807) is 31.2 Å². The van der Waals surface area contributed by atoms with E-state index in [1.165, 1.54) is 4.90 Å². The van der Waals surface area contributed by atoms with Crippen molar-refractivity contribution in [1.82, 2.24) is 10.2 Å². The second kappa shape index (κ2) is 12.4. The molecule has 0 fully saturated rings. The summed E-state index contributed by atoms with van der Waals surface area (Å²) in [7, 11) is -3.72. The summed E-state index contributed by atoms with van der Waals surface area (Å²) in [5, 5.41) is 2.87. The topological polar surface area (TPSA) is 86.8 Å². The normalized spacial score (nSPS) is 12.2. The molecule has 0 bridgehead atoms. The van der Waals surface area contributed by atoms with Crippen LogP contribution in [0.25, 0.3) is 0 Å². The lowest BCUT2D eigenvalue weighted by Gasteiger charge is -2.31. The van der Waals surface area contributed by atoms with E-state index in [1.807, 2.05) is 38.1 Å². The number of unbranched alkanes of at least 4 members (excludes halogenated alkanes) is 1. The van der Waals surface area contributed by atoms with E-state index in [4.69, 9.17) is 0 Å². The van der Waals surface area contributed by atoms with Crippen molar-refractivity contribution >= 4 is 50.1 Å². The van der Waals surface area contributed by atoms with Crippen molar-refractivity contribution in [3.05, 3.63) is 63.2 Å². The molecule has 180 valence electrons. The van der Waals surface area contributed by atoms with Gasteiger partial charge in [0.15, 0.2) is 0 Å². The average Bonchev–Trinajstić information content (AvgIpc) is 2.76. The Hall–Kier alpha value is -2.14. The number of carbonyl (C=O) groups excluding carboxylic acids is 2. The lowest BCUT2D eigenvalue weighted by Crippen LogP contribution is -2.51. The lowest BCUT2D eigenvalue weighted by molar-refractivity contribution is -0.139. The zero-order valence-electron chi connectivity index (χ0n) is 19.5. The molecule has 0 heterocycles. The Morgan fingerprint density at radius 2 is 1.67 bits per heavy atom. The molecule has 2 aromatic rings. The second-order valence-electron chi connectivity index (χ2n) is 8.07. The van der Waals surface area contributed by atoms with E-state index in [-0.39, 0.29) is 12.5 Å². The molecule has 2 amide bonds. The summed E-state index contributed by atoms with van der Waals surface area (Å²) in [5.74, 6) is -0.707. The van der Waals surface area contributed by atoms with E-state index in [0.29, 0.717) is 12.2 Å². The molecule has 1 N–H and O–H groups in total. The summed E-state index contributed by atoms with van der Waals surface area (Å²) >= 11 is 2.13. The van der Waals surface area contributed by atoms with Gasteiger partial charge in [-0.3, -0.25) is 13.9 Å². The number of hydrogen-bond donors (Lipinski definition) is 1. The van der Waals surface area contributed by atoms with Gasteiger partial charge in [-0.05, 0) is 72.7 Å². The predicted molar refractivity (Wildman–Crippen MR) is 140 cm³/mol. The largest absolute Gasteiger partial charge is 0.354 e. The highest BCUT2D eigenvalue weighted by atomic mass is 127. The molecular weight excluding hydrogens is 553 g/mol. The zero-order chi connectivity index (χ0) is 24.6. The lowest BCUT2D eigenvalue weighted by atomic mass is 10.1. The molecule has 0 aliphatic rings. The maximum atomic E-state index is 13.4. The van der Waals surface area contributed by atoms with Gasteiger partial charge in [-0.15, -0.1) is 0 Å². The highest BCUT2D eigenvalue weighted by molar-refractivity contribution is 14.1. The Morgan fingerprint density at radius 1 is 1.06 bits per heavy atom. The summed E-state index contributed by atoms with van der Waals surface area (Å²) in [4.78, 5) is 27.6. The summed E-state index contributed by atoms with van der Waals surface area (Å²) in [5.41, 5.74) is 2.35. The number of aryl methyl sites for hydroxylation is 1. The smallest absolute Gasteiger partial charge is 0.244 e. The van der Waals surface area contributed by atoms with Crippen molar-refractivity contribution in [2.75, 3.05) is 23.7 Å². The number of amides is 2. The maximum Gasteiger partial charge on any atom is 0.244 e. The zero-order valence-corrected chi connectivity index (χ0v) is 22.5. The minimum atomic E-state index is -3.72. The van der Waals surface area contributed by atoms with E-state index in [9.17, 15) is 18.0 Å². The number of sulfonamides is 1. The van der Waals surface area contributed by atoms with Crippen molar-refractivity contribution < 1.29 is 18.0 Å². The number of nitrogens with one attached hydrogen (secondary N) is 1. The number of nitrogens with zero attached hydrogens (tertiary/aromatic N) is 2. The van der Waals surface area contributed by atoms with Gasteiger partial charge in [0.05, 0.1) is 11.9 Å². The molecule has 0 aromatic heterocycles. The first-order valence-corrected chi connectivity index (χ1v) is 13.8. The molecule has 7 nitrogen and oxygen atoms in total. The van der Waals surface area contributed by atoms with E-state index >= 15 is 0 Å². The summed E-state index contributed by atoms with van der Waals surface area (Å²) in [6, 6.07) is 13.8. The Kier molecular flexibility index (Phi) is 10.2. The van der Waals surface area contributed by atoms with Gasteiger partial charge in [0.25, 0.3) is 0 Å². The predicted octanol–water partition coefficient (Wildman–Crippen LogP) is 3.70. The fourth-order valence-electron chi connectivity index (χ4n) is 3.23. The first kappa shape index (κ1) is 27.1. The fourth-order valence-corrected chi connectivity index (χ4v) is 4.44. The summed E-state index contributed by atoms with van der Waals surface area (Å²) in [6.45, 7) is 6.02. The van der Waals surface area contributed by atoms with Crippen LogP contribution in [0.4, 0.5) is 5.69 Å². The van der Waals surface area contributed by atoms with Gasteiger partial charge in [0.1, 0.15) is 12.6 Å². The fraction of sp³-hybridized carbons (Fsp3) is 0.417. The molecule has 0 aliphatic heterocycles. The Morgan fingerprint density at radius 3 is 2.21 bits per heavy atom. The van der Waals surface area contributed by atoms with Crippen LogP contribution in [-0.4, -0.2) is 50.5 Å². The first-order chi connectivity index (χ1) is 15.5. The standard InChI is InChI=1S/C24H32IN3O4S/c1-5-6-15-26-24(30)19(3)27(16-20-9-7-18(2)8-10-20)23(29)17-28(33(4,31)32)22-13-11-21(25)12-14-22/h7-14,19H,5-6,15-17H2,1-4H3,(H,26,30)/t19-/m0/s1. The highest BCUT2D eigenvalue weighted by Crippen LogP contribution is 2.20.